The second-order valence-electron chi connectivity index (χ2n) is 8.65. The van der Waals surface area contributed by atoms with E-state index in [4.69, 9.17) is 11.5 Å². The number of carbonyl (C=O) groups excluding carboxylic acids is 3. The number of amides is 3. The van der Waals surface area contributed by atoms with Crippen LogP contribution < -0.4 is 22.1 Å². The van der Waals surface area contributed by atoms with Gasteiger partial charge in [0.2, 0.25) is 17.7 Å². The predicted octanol–water partition coefficient (Wildman–Crippen LogP) is 2.51. The molecule has 0 unspecified atom stereocenters. The third-order valence-corrected chi connectivity index (χ3v) is 6.22. The van der Waals surface area contributed by atoms with Crippen LogP contribution in [-0.2, 0) is 19.8 Å². The summed E-state index contributed by atoms with van der Waals surface area (Å²) in [6, 6.07) is 13.6. The largest absolute Gasteiger partial charge is 0.405 e. The molecule has 188 valence electrons. The summed E-state index contributed by atoms with van der Waals surface area (Å²) in [4.78, 5) is 36.3. The lowest BCUT2D eigenvalue weighted by Crippen LogP contribution is -2.47. The van der Waals surface area contributed by atoms with Crippen molar-refractivity contribution in [2.75, 3.05) is 13.1 Å². The molecule has 3 amide bonds. The number of hydrogen-bond donors (Lipinski definition) is 4. The van der Waals surface area contributed by atoms with Gasteiger partial charge in [0, 0.05) is 13.0 Å². The number of benzene rings is 2. The Morgan fingerprint density at radius 1 is 0.914 bits per heavy atom. The van der Waals surface area contributed by atoms with Gasteiger partial charge in [0.1, 0.15) is 12.0 Å². The smallest absolute Gasteiger partial charge is 0.370 e. The Bertz CT molecular complexity index is 1040. The monoisotopic (exact) mass is 490 g/mol. The van der Waals surface area contributed by atoms with Crippen molar-refractivity contribution >= 4 is 17.7 Å². The average molecular weight is 491 g/mol. The number of hydrogen-bond acceptors (Lipinski definition) is 4. The van der Waals surface area contributed by atoms with Crippen LogP contribution in [0.3, 0.4) is 0 Å². The van der Waals surface area contributed by atoms with E-state index in [2.05, 4.69) is 10.6 Å². The second-order valence-corrected chi connectivity index (χ2v) is 8.65. The van der Waals surface area contributed by atoms with Crippen LogP contribution in [0, 0.1) is 0 Å². The Hall–Kier alpha value is -3.40. The van der Waals surface area contributed by atoms with Crippen LogP contribution in [-0.4, -0.2) is 43.0 Å². The van der Waals surface area contributed by atoms with E-state index in [9.17, 15) is 27.6 Å². The van der Waals surface area contributed by atoms with Crippen LogP contribution in [0.2, 0.25) is 0 Å². The van der Waals surface area contributed by atoms with E-state index in [-0.39, 0.29) is 25.8 Å². The number of unbranched alkanes of at least 4 members (excludes halogenated alkanes) is 1. The van der Waals surface area contributed by atoms with Crippen molar-refractivity contribution < 1.29 is 27.6 Å². The first kappa shape index (κ1) is 26.2. The van der Waals surface area contributed by atoms with Crippen LogP contribution >= 0.6 is 0 Å². The quantitative estimate of drug-likeness (QED) is 0.361. The molecular formula is C25H29F3N4O3. The number of halogens is 3. The van der Waals surface area contributed by atoms with Gasteiger partial charge in [0.15, 0.2) is 0 Å². The summed E-state index contributed by atoms with van der Waals surface area (Å²) >= 11 is 0. The summed E-state index contributed by atoms with van der Waals surface area (Å²) in [7, 11) is 0. The van der Waals surface area contributed by atoms with Gasteiger partial charge in [0.25, 0.3) is 0 Å². The molecular weight excluding hydrogens is 461 g/mol. The molecule has 3 rings (SSSR count). The summed E-state index contributed by atoms with van der Waals surface area (Å²) in [5.41, 5.74) is 12.5. The molecule has 6 N–H and O–H groups in total. The van der Waals surface area contributed by atoms with Crippen LogP contribution in [0.25, 0.3) is 11.1 Å². The fourth-order valence-corrected chi connectivity index (χ4v) is 4.57. The lowest BCUT2D eigenvalue weighted by molar-refractivity contribution is -0.141. The minimum Gasteiger partial charge on any atom is -0.370 e. The molecule has 0 saturated heterocycles. The topological polar surface area (TPSA) is 127 Å². The number of rotatable bonds is 11. The normalized spacial score (nSPS) is 14.5. The van der Waals surface area contributed by atoms with E-state index in [1.807, 2.05) is 24.3 Å². The zero-order valence-electron chi connectivity index (χ0n) is 19.2. The highest BCUT2D eigenvalue weighted by Crippen LogP contribution is 2.51. The fraction of sp³-hybridized carbons (Fsp3) is 0.400. The van der Waals surface area contributed by atoms with Crippen molar-refractivity contribution in [3.8, 4) is 11.1 Å². The highest BCUT2D eigenvalue weighted by Gasteiger charge is 2.49. The van der Waals surface area contributed by atoms with Gasteiger partial charge >= 0.3 is 6.18 Å². The number of fused-ring (bicyclic) bond motifs is 3. The summed E-state index contributed by atoms with van der Waals surface area (Å²) in [6.07, 6.45) is -3.20. The minimum absolute atomic E-state index is 0.00294. The molecule has 35 heavy (non-hydrogen) atoms. The molecule has 0 radical (unpaired) electrons. The van der Waals surface area contributed by atoms with E-state index in [1.165, 1.54) is 0 Å². The van der Waals surface area contributed by atoms with Crippen molar-refractivity contribution in [2.45, 2.75) is 49.7 Å². The first-order valence-corrected chi connectivity index (χ1v) is 11.4. The molecule has 0 aromatic heterocycles. The molecule has 10 heteroatoms. The lowest BCUT2D eigenvalue weighted by atomic mass is 9.73. The van der Waals surface area contributed by atoms with Gasteiger partial charge in [-0.15, -0.1) is 0 Å². The van der Waals surface area contributed by atoms with Crippen molar-refractivity contribution in [1.29, 1.82) is 0 Å². The van der Waals surface area contributed by atoms with Gasteiger partial charge in [-0.1, -0.05) is 48.5 Å². The lowest BCUT2D eigenvalue weighted by Gasteiger charge is -2.31. The summed E-state index contributed by atoms with van der Waals surface area (Å²) < 4.78 is 38.8. The Morgan fingerprint density at radius 2 is 1.49 bits per heavy atom. The molecule has 0 bridgehead atoms. The van der Waals surface area contributed by atoms with Crippen LogP contribution in [0.4, 0.5) is 13.2 Å². The highest BCUT2D eigenvalue weighted by molar-refractivity contribution is 6.00. The van der Waals surface area contributed by atoms with Crippen molar-refractivity contribution in [3.63, 3.8) is 0 Å². The van der Waals surface area contributed by atoms with Crippen LogP contribution in [0.1, 0.15) is 43.2 Å². The maximum Gasteiger partial charge on any atom is 0.405 e. The van der Waals surface area contributed by atoms with Gasteiger partial charge in [-0.25, -0.2) is 0 Å². The zero-order valence-corrected chi connectivity index (χ0v) is 19.2. The third kappa shape index (κ3) is 6.00. The zero-order chi connectivity index (χ0) is 25.6. The van der Waals surface area contributed by atoms with E-state index in [0.29, 0.717) is 24.0 Å². The maximum atomic E-state index is 13.4. The molecule has 2 aromatic carbocycles. The maximum absolute atomic E-state index is 13.4. The predicted molar refractivity (Wildman–Crippen MR) is 125 cm³/mol. The van der Waals surface area contributed by atoms with Gasteiger partial charge in [-0.05, 0) is 47.9 Å². The Labute approximate surface area is 201 Å². The summed E-state index contributed by atoms with van der Waals surface area (Å²) in [5, 5.41) is 4.79. The number of nitrogens with two attached hydrogens (primary N) is 2. The Kier molecular flexibility index (Phi) is 8.16. The number of nitrogens with one attached hydrogen (secondary N) is 2. The van der Waals surface area contributed by atoms with Crippen molar-refractivity contribution in [1.82, 2.24) is 10.6 Å². The van der Waals surface area contributed by atoms with Gasteiger partial charge in [0.05, 0.1) is 6.04 Å². The summed E-state index contributed by atoms with van der Waals surface area (Å²) in [5.74, 6) is -1.66. The fourth-order valence-electron chi connectivity index (χ4n) is 4.57. The first-order valence-electron chi connectivity index (χ1n) is 11.4. The number of alkyl halides is 3. The van der Waals surface area contributed by atoms with Gasteiger partial charge in [-0.2, -0.15) is 13.2 Å². The third-order valence-electron chi connectivity index (χ3n) is 6.22. The molecule has 7 nitrogen and oxygen atoms in total. The van der Waals surface area contributed by atoms with Crippen LogP contribution in [0.15, 0.2) is 48.5 Å². The van der Waals surface area contributed by atoms with Gasteiger partial charge in [-0.3, -0.25) is 14.4 Å². The second kappa shape index (κ2) is 10.9. The van der Waals surface area contributed by atoms with E-state index >= 15 is 0 Å². The minimum atomic E-state index is -4.54. The summed E-state index contributed by atoms with van der Waals surface area (Å²) in [6.45, 7) is -1.15. The van der Waals surface area contributed by atoms with Gasteiger partial charge < -0.3 is 22.1 Å². The molecule has 1 atom stereocenters. The van der Waals surface area contributed by atoms with E-state index in [1.54, 1.807) is 24.3 Å². The first-order chi connectivity index (χ1) is 16.6. The molecule has 1 aliphatic carbocycles. The van der Waals surface area contributed by atoms with Crippen LogP contribution in [0.5, 0.6) is 0 Å². The molecule has 0 aliphatic heterocycles. The average Bonchev–Trinajstić information content (AvgIpc) is 3.11. The Balaban J connectivity index is 1.75. The van der Waals surface area contributed by atoms with Crippen molar-refractivity contribution in [3.05, 3.63) is 59.7 Å². The molecule has 0 fully saturated rings. The number of primary amides is 1. The molecule has 2 aromatic rings. The number of carbonyl (C=O) groups is 3. The van der Waals surface area contributed by atoms with Crippen molar-refractivity contribution in [2.24, 2.45) is 11.5 Å². The standard InChI is InChI=1S/C25H29F3N4O3/c26-25(27,28)15-32-23(35)24(13-5-6-14-31-22(34)20(29)11-12-21(30)33)18-9-3-1-7-16(18)17-8-2-4-10-19(17)24/h1-4,7-10,20H,5-6,11-15,29H2,(H2,30,33)(H,31,34)(H,32,35)/t20-/m1/s1. The highest BCUT2D eigenvalue weighted by atomic mass is 19.4. The van der Waals surface area contributed by atoms with E-state index in [0.717, 1.165) is 11.1 Å². The molecule has 0 saturated carbocycles. The molecule has 1 aliphatic rings. The molecule has 0 heterocycles. The molecule has 0 spiro atoms. The van der Waals surface area contributed by atoms with E-state index < -0.39 is 41.9 Å². The SMILES string of the molecule is NC(=O)CC[C@@H](N)C(=O)NCCCCC1(C(=O)NCC(F)(F)F)c2ccccc2-c2ccccc21. The Morgan fingerprint density at radius 3 is 2.03 bits per heavy atom.